The van der Waals surface area contributed by atoms with Crippen molar-refractivity contribution in [3.63, 3.8) is 0 Å². The first-order valence-corrected chi connectivity index (χ1v) is 11.4. The van der Waals surface area contributed by atoms with Crippen LogP contribution in [0.5, 0.6) is 11.5 Å². The number of aliphatic hydroxyl groups excluding tert-OH is 1. The average molecular weight is 528 g/mol. The fourth-order valence-corrected chi connectivity index (χ4v) is 4.37. The molecule has 0 bridgehead atoms. The highest BCUT2D eigenvalue weighted by Crippen LogP contribution is 2.52. The Hall–Kier alpha value is -3.04. The van der Waals surface area contributed by atoms with E-state index in [1.807, 2.05) is 0 Å². The number of alkyl halides is 2. The quantitative estimate of drug-likeness (QED) is 0.410. The summed E-state index contributed by atoms with van der Waals surface area (Å²) >= 11 is 0. The van der Waals surface area contributed by atoms with Crippen LogP contribution in [0.1, 0.15) is 70.5 Å². The number of aliphatic hydroxyl groups is 2. The zero-order chi connectivity index (χ0) is 35.6. The normalized spacial score (nSPS) is 22.9. The van der Waals surface area contributed by atoms with Gasteiger partial charge in [0.1, 0.15) is 11.6 Å². The minimum absolute atomic E-state index is 0.0188. The predicted octanol–water partition coefficient (Wildman–Crippen LogP) is 4.99. The topological polar surface area (TPSA) is 80.9 Å². The molecule has 0 radical (unpaired) electrons. The summed E-state index contributed by atoms with van der Waals surface area (Å²) in [5.74, 6) is -3.95. The molecule has 2 aromatic carbocycles. The maximum Gasteiger partial charge on any atom is 0.586 e. The first kappa shape index (κ1) is 16.0. The molecule has 1 atom stereocenters. The summed E-state index contributed by atoms with van der Waals surface area (Å²) in [5, 5.41) is 19.8. The third-order valence-corrected chi connectivity index (χ3v) is 6.80. The van der Waals surface area contributed by atoms with Crippen LogP contribution in [0.15, 0.2) is 36.3 Å². The number of nitrogens with zero attached hydrogens (tertiary/aromatic N) is 1. The van der Waals surface area contributed by atoms with Gasteiger partial charge in [0.25, 0.3) is 0 Å². The van der Waals surface area contributed by atoms with Crippen molar-refractivity contribution in [1.29, 1.82) is 0 Å². The Kier molecular flexibility index (Phi) is 3.80. The second kappa shape index (κ2) is 8.77. The summed E-state index contributed by atoms with van der Waals surface area (Å²) in [7, 11) is 0. The number of Topliss-reactive ketones (excluding diaryl/α,β-unsaturated/α-hetero) is 1. The number of halogens is 3. The van der Waals surface area contributed by atoms with E-state index in [0.29, 0.717) is 0 Å². The van der Waals surface area contributed by atoms with Crippen LogP contribution in [-0.4, -0.2) is 39.5 Å². The smallest absolute Gasteiger partial charge is 0.395 e. The highest BCUT2D eigenvalue weighted by atomic mass is 19.3. The van der Waals surface area contributed by atoms with Gasteiger partial charge < -0.3 is 24.3 Å². The van der Waals surface area contributed by atoms with Crippen LogP contribution < -0.4 is 9.47 Å². The predicted molar refractivity (Wildman–Crippen MR) is 131 cm³/mol. The van der Waals surface area contributed by atoms with E-state index < -0.39 is 131 Å². The lowest BCUT2D eigenvalue weighted by Gasteiger charge is -2.26. The number of fused-ring (bicyclic) bond motifs is 2. The highest BCUT2D eigenvalue weighted by molar-refractivity contribution is 5.95. The lowest BCUT2D eigenvalue weighted by atomic mass is 9.86. The molecular weight excluding hydrogens is 487 g/mol. The molecule has 0 unspecified atom stereocenters. The van der Waals surface area contributed by atoms with E-state index >= 15 is 4.39 Å². The van der Waals surface area contributed by atoms with Gasteiger partial charge in [-0.15, -0.1) is 8.78 Å². The molecule has 1 aromatic heterocycles. The standard InChI is InChI=1S/C28H30F3NO5/c1-4-26(2,3)24-10-17-9-16(20(29)13-21(17)32(24)14-19(34)15-33)11-25(35)27(7-8-27)18-5-6-22-23(12-18)37-28(30,31)36-22/h5-6,9-10,12-13,19,33-34H,4,7-8,11,14-15H2,1-3H3/t19-/m1/s1/i4D2,5D,6D,9D,10D,12D,13D,15D2. The van der Waals surface area contributed by atoms with Crippen molar-refractivity contribution in [3.8, 4) is 11.5 Å². The molecule has 2 N–H and O–H groups in total. The molecular formula is C28H30F3NO5. The van der Waals surface area contributed by atoms with E-state index in [1.165, 1.54) is 20.8 Å². The number of aromatic nitrogens is 1. The lowest BCUT2D eigenvalue weighted by Crippen LogP contribution is -2.26. The summed E-state index contributed by atoms with van der Waals surface area (Å²) in [6, 6.07) is -4.68. The second-order valence-electron chi connectivity index (χ2n) is 9.63. The van der Waals surface area contributed by atoms with Crippen LogP contribution in [0.25, 0.3) is 10.9 Å². The van der Waals surface area contributed by atoms with E-state index in [-0.39, 0.29) is 18.5 Å². The third kappa shape index (κ3) is 4.48. The first-order chi connectivity index (χ1) is 21.3. The third-order valence-electron chi connectivity index (χ3n) is 6.80. The number of rotatable bonds is 9. The van der Waals surface area contributed by atoms with Crippen LogP contribution in [0.2, 0.25) is 0 Å². The minimum atomic E-state index is -4.21. The number of ketones is 1. The molecule has 0 saturated heterocycles. The lowest BCUT2D eigenvalue weighted by molar-refractivity contribution is -0.286. The van der Waals surface area contributed by atoms with Crippen molar-refractivity contribution >= 4 is 16.7 Å². The number of carbonyl (C=O) groups excluding carboxylic acids is 1. The second-order valence-corrected chi connectivity index (χ2v) is 9.63. The number of hydrogen-bond donors (Lipinski definition) is 2. The summed E-state index contributed by atoms with van der Waals surface area (Å²) in [6.07, 6.45) is -9.46. The van der Waals surface area contributed by atoms with Crippen LogP contribution in [0.3, 0.4) is 0 Å². The van der Waals surface area contributed by atoms with Gasteiger partial charge in [0.15, 0.2) is 11.5 Å². The van der Waals surface area contributed by atoms with Gasteiger partial charge in [0.05, 0.1) is 41.1 Å². The highest BCUT2D eigenvalue weighted by Gasteiger charge is 2.52. The molecule has 1 fully saturated rings. The molecule has 1 aliphatic carbocycles. The van der Waals surface area contributed by atoms with Gasteiger partial charge in [-0.3, -0.25) is 4.79 Å². The van der Waals surface area contributed by atoms with Gasteiger partial charge in [-0.25, -0.2) is 4.39 Å². The Morgan fingerprint density at radius 2 is 1.92 bits per heavy atom. The van der Waals surface area contributed by atoms with E-state index in [4.69, 9.17) is 13.7 Å². The van der Waals surface area contributed by atoms with Crippen molar-refractivity contribution in [2.75, 3.05) is 6.56 Å². The van der Waals surface area contributed by atoms with E-state index in [1.54, 1.807) is 0 Å². The van der Waals surface area contributed by atoms with E-state index in [9.17, 15) is 23.8 Å². The number of benzene rings is 2. The summed E-state index contributed by atoms with van der Waals surface area (Å²) in [5.41, 5.74) is -5.15. The zero-order valence-corrected chi connectivity index (χ0v) is 20.1. The first-order valence-electron chi connectivity index (χ1n) is 16.4. The molecule has 198 valence electrons. The average Bonchev–Trinajstić information content (AvgIpc) is 3.58. The fourth-order valence-electron chi connectivity index (χ4n) is 4.37. The van der Waals surface area contributed by atoms with Gasteiger partial charge in [0.2, 0.25) is 0 Å². The van der Waals surface area contributed by atoms with E-state index in [0.717, 1.165) is 4.57 Å². The van der Waals surface area contributed by atoms with Gasteiger partial charge in [0, 0.05) is 25.7 Å². The monoisotopic (exact) mass is 527 g/mol. The maximum absolute atomic E-state index is 16.1. The van der Waals surface area contributed by atoms with Crippen LogP contribution in [0, 0.1) is 5.82 Å². The number of ether oxygens (including phenoxy) is 2. The Labute approximate surface area is 226 Å². The van der Waals surface area contributed by atoms with Crippen molar-refractivity contribution in [1.82, 2.24) is 4.57 Å². The molecule has 6 nitrogen and oxygen atoms in total. The van der Waals surface area contributed by atoms with E-state index in [2.05, 4.69) is 9.47 Å². The zero-order valence-electron chi connectivity index (χ0n) is 30.1. The molecule has 37 heavy (non-hydrogen) atoms. The van der Waals surface area contributed by atoms with Crippen LogP contribution in [-0.2, 0) is 28.6 Å². The van der Waals surface area contributed by atoms with Crippen molar-refractivity contribution < 1.29 is 51.4 Å². The molecule has 9 heteroatoms. The van der Waals surface area contributed by atoms with Gasteiger partial charge >= 0.3 is 6.29 Å². The largest absolute Gasteiger partial charge is 0.586 e. The van der Waals surface area contributed by atoms with Crippen molar-refractivity contribution in [2.45, 2.75) is 76.2 Å². The van der Waals surface area contributed by atoms with Gasteiger partial charge in [-0.1, -0.05) is 26.8 Å². The molecule has 0 spiro atoms. The molecule has 5 rings (SSSR count). The minimum Gasteiger partial charge on any atom is -0.395 e. The molecule has 1 aliphatic heterocycles. The summed E-state index contributed by atoms with van der Waals surface area (Å²) in [6.45, 7) is -0.132. The summed E-state index contributed by atoms with van der Waals surface area (Å²) < 4.78 is 136. The number of hydrogen-bond acceptors (Lipinski definition) is 5. The van der Waals surface area contributed by atoms with Gasteiger partial charge in [-0.2, -0.15) is 0 Å². The molecule has 2 heterocycles. The molecule has 0 amide bonds. The molecule has 2 aliphatic rings. The van der Waals surface area contributed by atoms with Crippen LogP contribution in [0.4, 0.5) is 13.2 Å². The summed E-state index contributed by atoms with van der Waals surface area (Å²) in [4.78, 5) is 13.8. The Bertz CT molecular complexity index is 1850. The molecule has 3 aromatic rings. The SMILES string of the molecule is [2H]c1c([2H])c(C2(C(=O)Cc3c(F)c([2H])c4c(c3[2H])c([2H])c(C(C)(C)C([2H])([2H])C)n4C[C@@H](O)C([2H])([2H])O)CC2)c([2H])c2c1OC(F)(F)O2. The molecule has 1 saturated carbocycles. The van der Waals surface area contributed by atoms with Crippen LogP contribution >= 0.6 is 0 Å². The Morgan fingerprint density at radius 3 is 2.57 bits per heavy atom. The fraction of sp³-hybridized carbons (Fsp3) is 0.464. The Balaban J connectivity index is 1.68. The van der Waals surface area contributed by atoms with Crippen molar-refractivity contribution in [3.05, 3.63) is 58.9 Å². The van der Waals surface area contributed by atoms with Gasteiger partial charge in [-0.05, 0) is 60.6 Å². The maximum atomic E-state index is 16.1. The number of carbonyl (C=O) groups is 1. The Morgan fingerprint density at radius 1 is 1.22 bits per heavy atom. The van der Waals surface area contributed by atoms with Crippen molar-refractivity contribution in [2.24, 2.45) is 0 Å².